The molecule has 4 rings (SSSR count). The Bertz CT molecular complexity index is 1700. The van der Waals surface area contributed by atoms with Gasteiger partial charge in [-0.1, -0.05) is 57.9 Å². The number of halogens is 5. The second kappa shape index (κ2) is 14.7. The van der Waals surface area contributed by atoms with Crippen molar-refractivity contribution in [3.63, 3.8) is 0 Å². The van der Waals surface area contributed by atoms with E-state index in [0.29, 0.717) is 28.7 Å². The summed E-state index contributed by atoms with van der Waals surface area (Å²) in [6.45, 7) is 0.849. The van der Waals surface area contributed by atoms with E-state index >= 15 is 0 Å². The van der Waals surface area contributed by atoms with E-state index < -0.39 is 34.7 Å². The standard InChI is InChI=1S/C32H27BrClF3N4O4/c1-41(18-29(43)21-7-10-24(42)11-8-21)17-19-2-5-22(6-3-19)30(44)39-28-13-9-23(33)15-25(28)31(45)40-38-16-20-4-12-27(34)26(14-20)32(35,36)37/h2-16,29,42-43H,17-18H2,1H3,(H,39,44)(H,40,45)/b38-16+. The lowest BCUT2D eigenvalue weighted by Crippen LogP contribution is -2.24. The van der Waals surface area contributed by atoms with Crippen molar-refractivity contribution in [3.05, 3.63) is 128 Å². The summed E-state index contributed by atoms with van der Waals surface area (Å²) in [5.41, 5.74) is 3.47. The number of rotatable bonds is 10. The zero-order chi connectivity index (χ0) is 32.7. The molecule has 4 aromatic carbocycles. The molecule has 4 aromatic rings. The molecule has 0 spiro atoms. The van der Waals surface area contributed by atoms with Gasteiger partial charge in [-0.25, -0.2) is 5.43 Å². The number of likely N-dealkylation sites (N-methyl/N-ethyl adjacent to an activating group) is 1. The van der Waals surface area contributed by atoms with E-state index in [4.69, 9.17) is 11.6 Å². The van der Waals surface area contributed by atoms with E-state index in [0.717, 1.165) is 23.9 Å². The summed E-state index contributed by atoms with van der Waals surface area (Å²) in [7, 11) is 1.85. The number of nitrogens with one attached hydrogen (secondary N) is 2. The van der Waals surface area contributed by atoms with E-state index in [9.17, 15) is 33.0 Å². The smallest absolute Gasteiger partial charge is 0.417 e. The Kier molecular flexibility index (Phi) is 11.0. The highest BCUT2D eigenvalue weighted by molar-refractivity contribution is 9.10. The molecule has 45 heavy (non-hydrogen) atoms. The first-order valence-electron chi connectivity index (χ1n) is 13.4. The molecule has 0 aliphatic carbocycles. The van der Waals surface area contributed by atoms with Crippen LogP contribution in [0.3, 0.4) is 0 Å². The van der Waals surface area contributed by atoms with Gasteiger partial charge in [0.25, 0.3) is 11.8 Å². The minimum absolute atomic E-state index is 0.0624. The first-order chi connectivity index (χ1) is 21.3. The Morgan fingerprint density at radius 1 is 1.00 bits per heavy atom. The quantitative estimate of drug-likeness (QED) is 0.105. The lowest BCUT2D eigenvalue weighted by Gasteiger charge is -2.21. The average Bonchev–Trinajstić information content (AvgIpc) is 2.98. The molecule has 0 radical (unpaired) electrons. The zero-order valence-corrected chi connectivity index (χ0v) is 26.0. The molecule has 0 aromatic heterocycles. The van der Waals surface area contributed by atoms with Gasteiger partial charge < -0.3 is 15.5 Å². The average molecular weight is 704 g/mol. The van der Waals surface area contributed by atoms with Crippen LogP contribution in [0, 0.1) is 0 Å². The van der Waals surface area contributed by atoms with Crippen molar-refractivity contribution < 1.29 is 33.0 Å². The number of phenols is 1. The number of hydrogen-bond donors (Lipinski definition) is 4. The molecule has 0 aliphatic rings. The maximum absolute atomic E-state index is 13.1. The van der Waals surface area contributed by atoms with Gasteiger partial charge in [0.05, 0.1) is 34.2 Å². The van der Waals surface area contributed by atoms with Crippen LogP contribution in [0.2, 0.25) is 5.02 Å². The van der Waals surface area contributed by atoms with Crippen molar-refractivity contribution in [1.82, 2.24) is 10.3 Å². The number of alkyl halides is 3. The monoisotopic (exact) mass is 702 g/mol. The number of aliphatic hydroxyl groups excluding tert-OH is 1. The molecule has 4 N–H and O–H groups in total. The molecule has 13 heteroatoms. The number of hydrazone groups is 1. The van der Waals surface area contributed by atoms with Crippen LogP contribution in [-0.4, -0.2) is 46.7 Å². The van der Waals surface area contributed by atoms with Crippen LogP contribution in [0.15, 0.2) is 94.5 Å². The van der Waals surface area contributed by atoms with Crippen molar-refractivity contribution in [2.24, 2.45) is 5.10 Å². The summed E-state index contributed by atoms with van der Waals surface area (Å²) < 4.78 is 39.9. The van der Waals surface area contributed by atoms with Crippen LogP contribution in [0.25, 0.3) is 0 Å². The number of aliphatic hydroxyl groups is 1. The molecule has 234 valence electrons. The molecule has 0 saturated heterocycles. The Balaban J connectivity index is 1.38. The maximum Gasteiger partial charge on any atom is 0.417 e. The Labute approximate surface area is 270 Å². The largest absolute Gasteiger partial charge is 0.508 e. The van der Waals surface area contributed by atoms with Crippen molar-refractivity contribution in [2.45, 2.75) is 18.8 Å². The van der Waals surface area contributed by atoms with E-state index in [1.165, 1.54) is 30.3 Å². The summed E-state index contributed by atoms with van der Waals surface area (Å²) in [5, 5.41) is 25.9. The lowest BCUT2D eigenvalue weighted by atomic mass is 10.1. The summed E-state index contributed by atoms with van der Waals surface area (Å²) in [4.78, 5) is 27.8. The van der Waals surface area contributed by atoms with Crippen LogP contribution >= 0.6 is 27.5 Å². The predicted octanol–water partition coefficient (Wildman–Crippen LogP) is 7.01. The van der Waals surface area contributed by atoms with E-state index in [1.807, 2.05) is 11.9 Å². The second-order valence-corrected chi connectivity index (χ2v) is 11.4. The minimum atomic E-state index is -4.65. The van der Waals surface area contributed by atoms with Crippen LogP contribution in [-0.2, 0) is 12.7 Å². The third-order valence-electron chi connectivity index (χ3n) is 6.58. The van der Waals surface area contributed by atoms with Gasteiger partial charge in [-0.3, -0.25) is 14.5 Å². The van der Waals surface area contributed by atoms with E-state index in [1.54, 1.807) is 42.5 Å². The topological polar surface area (TPSA) is 114 Å². The minimum Gasteiger partial charge on any atom is -0.508 e. The molecular formula is C32H27BrClF3N4O4. The van der Waals surface area contributed by atoms with Gasteiger partial charge in [0, 0.05) is 23.1 Å². The first kappa shape index (κ1) is 33.7. The number of aromatic hydroxyl groups is 1. The van der Waals surface area contributed by atoms with Gasteiger partial charge in [-0.05, 0) is 78.3 Å². The van der Waals surface area contributed by atoms with Crippen molar-refractivity contribution in [3.8, 4) is 5.75 Å². The van der Waals surface area contributed by atoms with Crippen LogP contribution in [0.5, 0.6) is 5.75 Å². The normalized spacial score (nSPS) is 12.4. The van der Waals surface area contributed by atoms with Crippen LogP contribution < -0.4 is 10.7 Å². The van der Waals surface area contributed by atoms with E-state index in [2.05, 4.69) is 31.8 Å². The number of phenolic OH excluding ortho intramolecular Hbond substituents is 1. The van der Waals surface area contributed by atoms with Gasteiger partial charge in [0.2, 0.25) is 0 Å². The molecule has 0 heterocycles. The summed E-state index contributed by atoms with van der Waals surface area (Å²) in [6, 6.07) is 21.0. The molecule has 8 nitrogen and oxygen atoms in total. The molecule has 0 bridgehead atoms. The molecule has 0 saturated carbocycles. The molecule has 0 fully saturated rings. The van der Waals surface area contributed by atoms with Gasteiger partial charge in [0.1, 0.15) is 5.75 Å². The highest BCUT2D eigenvalue weighted by atomic mass is 79.9. The fourth-order valence-electron chi connectivity index (χ4n) is 4.31. The zero-order valence-electron chi connectivity index (χ0n) is 23.6. The summed E-state index contributed by atoms with van der Waals surface area (Å²) in [6.07, 6.45) is -4.35. The number of hydrogen-bond acceptors (Lipinski definition) is 6. The molecule has 1 atom stereocenters. The number of benzene rings is 4. The highest BCUT2D eigenvalue weighted by Crippen LogP contribution is 2.35. The van der Waals surface area contributed by atoms with Crippen molar-refractivity contribution >= 4 is 51.2 Å². The highest BCUT2D eigenvalue weighted by Gasteiger charge is 2.33. The van der Waals surface area contributed by atoms with Gasteiger partial charge in [-0.15, -0.1) is 0 Å². The SMILES string of the molecule is CN(Cc1ccc(C(=O)Nc2ccc(Br)cc2C(=O)N/N=C/c2ccc(Cl)c(C(F)(F)F)c2)cc1)CC(O)c1ccc(O)cc1. The molecular weight excluding hydrogens is 677 g/mol. The number of carbonyl (C=O) groups excluding carboxylic acids is 2. The van der Waals surface area contributed by atoms with Crippen molar-refractivity contribution in [1.29, 1.82) is 0 Å². The van der Waals surface area contributed by atoms with Gasteiger partial charge in [0.15, 0.2) is 0 Å². The fraction of sp³-hybridized carbons (Fsp3) is 0.156. The fourth-order valence-corrected chi connectivity index (χ4v) is 4.89. The van der Waals surface area contributed by atoms with Crippen LogP contribution in [0.4, 0.5) is 18.9 Å². The molecule has 1 unspecified atom stereocenters. The second-order valence-electron chi connectivity index (χ2n) is 10.1. The number of nitrogens with zero attached hydrogens (tertiary/aromatic N) is 2. The summed E-state index contributed by atoms with van der Waals surface area (Å²) in [5.74, 6) is -1.06. The lowest BCUT2D eigenvalue weighted by molar-refractivity contribution is -0.137. The van der Waals surface area contributed by atoms with Crippen LogP contribution in [0.1, 0.15) is 49.1 Å². The molecule has 2 amide bonds. The number of carbonyl (C=O) groups is 2. The van der Waals surface area contributed by atoms with Gasteiger partial charge in [-0.2, -0.15) is 18.3 Å². The van der Waals surface area contributed by atoms with E-state index in [-0.39, 0.29) is 22.6 Å². The van der Waals surface area contributed by atoms with Gasteiger partial charge >= 0.3 is 6.18 Å². The predicted molar refractivity (Wildman–Crippen MR) is 169 cm³/mol. The Morgan fingerprint density at radius 3 is 2.36 bits per heavy atom. The number of anilines is 1. The third-order valence-corrected chi connectivity index (χ3v) is 7.40. The Morgan fingerprint density at radius 2 is 1.69 bits per heavy atom. The van der Waals surface area contributed by atoms with Crippen molar-refractivity contribution in [2.75, 3.05) is 18.9 Å². The third kappa shape index (κ3) is 9.38. The first-order valence-corrected chi connectivity index (χ1v) is 14.5. The number of amides is 2. The molecule has 0 aliphatic heterocycles. The maximum atomic E-state index is 13.1. The Hall–Kier alpha value is -4.23. The summed E-state index contributed by atoms with van der Waals surface area (Å²) >= 11 is 8.93.